The second kappa shape index (κ2) is 8.56. The first-order valence-corrected chi connectivity index (χ1v) is 7.57. The van der Waals surface area contributed by atoms with E-state index in [-0.39, 0.29) is 5.70 Å². The molecular weight excluding hydrogens is 358 g/mol. The van der Waals surface area contributed by atoms with Gasteiger partial charge in [-0.05, 0) is 36.4 Å². The van der Waals surface area contributed by atoms with Crippen LogP contribution in [-0.4, -0.2) is 24.8 Å². The van der Waals surface area contributed by atoms with E-state index in [1.165, 1.54) is 30.3 Å². The Bertz CT molecular complexity index is 904. The molecule has 0 saturated carbocycles. The van der Waals surface area contributed by atoms with E-state index in [1.807, 2.05) is 0 Å². The fourth-order valence-corrected chi connectivity index (χ4v) is 2.06. The number of ether oxygens (including phenoxy) is 1. The maximum atomic E-state index is 13.9. The average molecular weight is 374 g/mol. The van der Waals surface area contributed by atoms with Gasteiger partial charge in [-0.3, -0.25) is 9.59 Å². The molecule has 0 aromatic heterocycles. The van der Waals surface area contributed by atoms with Crippen molar-refractivity contribution in [3.05, 3.63) is 77.1 Å². The van der Waals surface area contributed by atoms with Crippen LogP contribution in [0, 0.1) is 11.6 Å². The molecule has 140 valence electrons. The number of carbonyl (C=O) groups is 2. The number of anilines is 1. The number of hydrogen-bond donors (Lipinski definition) is 3. The summed E-state index contributed by atoms with van der Waals surface area (Å²) >= 11 is 0. The van der Waals surface area contributed by atoms with E-state index in [0.717, 1.165) is 25.4 Å². The highest BCUT2D eigenvalue weighted by Crippen LogP contribution is 2.16. The predicted octanol–water partition coefficient (Wildman–Crippen LogP) is 1.90. The second-order valence-electron chi connectivity index (χ2n) is 5.20. The number of benzene rings is 2. The van der Waals surface area contributed by atoms with Gasteiger partial charge in [-0.1, -0.05) is 6.07 Å². The van der Waals surface area contributed by atoms with Crippen LogP contribution in [0.3, 0.4) is 0 Å². The molecule has 0 saturated heterocycles. The normalized spacial score (nSPS) is 11.8. The third-order valence-electron chi connectivity index (χ3n) is 3.39. The molecule has 0 aliphatic carbocycles. The summed E-state index contributed by atoms with van der Waals surface area (Å²) in [4.78, 5) is 26.5. The van der Waals surface area contributed by atoms with Gasteiger partial charge in [-0.2, -0.15) is 0 Å². The highest BCUT2D eigenvalue weighted by Gasteiger charge is 2.17. The van der Waals surface area contributed by atoms with Crippen molar-refractivity contribution in [2.45, 2.75) is 0 Å². The van der Waals surface area contributed by atoms with Gasteiger partial charge in [-0.15, -0.1) is 0 Å². The minimum Gasteiger partial charge on any atom is -0.480 e. The van der Waals surface area contributed by atoms with Crippen molar-refractivity contribution in [2.75, 3.05) is 12.4 Å². The van der Waals surface area contributed by atoms with Crippen molar-refractivity contribution < 1.29 is 23.1 Å². The van der Waals surface area contributed by atoms with Gasteiger partial charge in [0.05, 0.1) is 7.11 Å². The third kappa shape index (κ3) is 4.88. The van der Waals surface area contributed by atoms with Crippen LogP contribution in [0.15, 0.2) is 59.4 Å². The maximum absolute atomic E-state index is 13.9. The monoisotopic (exact) mass is 374 g/mol. The van der Waals surface area contributed by atoms with Gasteiger partial charge in [-0.25, -0.2) is 13.8 Å². The Kier molecular flexibility index (Phi) is 6.21. The minimum absolute atomic E-state index is 0.300. The van der Waals surface area contributed by atoms with Gasteiger partial charge in [0.1, 0.15) is 22.9 Å². The number of nitrogens with zero attached hydrogens (tertiary/aromatic N) is 1. The maximum Gasteiger partial charge on any atom is 0.268 e. The van der Waals surface area contributed by atoms with Crippen LogP contribution in [0.1, 0.15) is 15.9 Å². The van der Waals surface area contributed by atoms with E-state index in [1.54, 1.807) is 0 Å². The number of carbonyl (C=O) groups excluding carboxylic acids is 2. The van der Waals surface area contributed by atoms with Gasteiger partial charge in [0, 0.05) is 17.5 Å². The lowest BCUT2D eigenvalue weighted by Crippen LogP contribution is -2.17. The van der Waals surface area contributed by atoms with Gasteiger partial charge >= 0.3 is 0 Å². The highest BCUT2D eigenvalue weighted by molar-refractivity contribution is 6.00. The van der Waals surface area contributed by atoms with E-state index in [4.69, 9.17) is 16.2 Å². The Balaban J connectivity index is 2.35. The van der Waals surface area contributed by atoms with Crippen LogP contribution in [-0.2, 0) is 9.53 Å². The van der Waals surface area contributed by atoms with E-state index in [2.05, 4.69) is 10.3 Å². The molecule has 0 fully saturated rings. The van der Waals surface area contributed by atoms with E-state index in [0.29, 0.717) is 11.3 Å². The Morgan fingerprint density at radius 2 is 1.67 bits per heavy atom. The van der Waals surface area contributed by atoms with Crippen molar-refractivity contribution in [2.24, 2.45) is 16.5 Å². The van der Waals surface area contributed by atoms with Gasteiger partial charge in [0.2, 0.25) is 11.8 Å². The summed E-state index contributed by atoms with van der Waals surface area (Å²) in [5, 5.41) is 2.74. The fraction of sp³-hybridized carbons (Fsp3) is 0.0556. The van der Waals surface area contributed by atoms with Crippen LogP contribution < -0.4 is 16.8 Å². The molecule has 5 N–H and O–H groups in total. The molecule has 2 rings (SSSR count). The largest absolute Gasteiger partial charge is 0.480 e. The smallest absolute Gasteiger partial charge is 0.268 e. The van der Waals surface area contributed by atoms with Crippen LogP contribution in [0.25, 0.3) is 0 Å². The molecule has 2 amide bonds. The topological polar surface area (TPSA) is 120 Å². The molecule has 7 nitrogen and oxygen atoms in total. The first-order valence-electron chi connectivity index (χ1n) is 7.57. The molecule has 0 radical (unpaired) electrons. The molecule has 0 atom stereocenters. The minimum atomic E-state index is -0.956. The number of rotatable bonds is 6. The van der Waals surface area contributed by atoms with E-state index >= 15 is 0 Å². The van der Waals surface area contributed by atoms with Gasteiger partial charge in [0.25, 0.3) is 5.91 Å². The number of aliphatic imine (C=N–C) groups is 1. The summed E-state index contributed by atoms with van der Waals surface area (Å²) < 4.78 is 32.7. The Morgan fingerprint density at radius 1 is 1.07 bits per heavy atom. The Labute approximate surface area is 153 Å². The van der Waals surface area contributed by atoms with Crippen molar-refractivity contribution in [3.63, 3.8) is 0 Å². The predicted molar refractivity (Wildman–Crippen MR) is 95.8 cm³/mol. The fourth-order valence-electron chi connectivity index (χ4n) is 2.06. The van der Waals surface area contributed by atoms with Crippen LogP contribution in [0.5, 0.6) is 0 Å². The zero-order valence-electron chi connectivity index (χ0n) is 14.2. The molecule has 27 heavy (non-hydrogen) atoms. The number of methoxy groups -OCH3 is 1. The second-order valence-corrected chi connectivity index (χ2v) is 5.20. The molecule has 9 heteroatoms. The van der Waals surface area contributed by atoms with E-state index < -0.39 is 34.9 Å². The lowest BCUT2D eigenvalue weighted by Gasteiger charge is -2.08. The van der Waals surface area contributed by atoms with Gasteiger partial charge in [0.15, 0.2) is 0 Å². The van der Waals surface area contributed by atoms with Crippen molar-refractivity contribution >= 4 is 23.4 Å². The average Bonchev–Trinajstić information content (AvgIpc) is 2.63. The summed E-state index contributed by atoms with van der Waals surface area (Å²) in [5.41, 5.74) is 10.3. The highest BCUT2D eigenvalue weighted by atomic mass is 19.1. The number of amides is 2. The van der Waals surface area contributed by atoms with E-state index in [9.17, 15) is 18.4 Å². The van der Waals surface area contributed by atoms with Crippen molar-refractivity contribution in [1.29, 1.82) is 0 Å². The molecule has 0 aliphatic rings. The molecule has 0 aliphatic heterocycles. The first-order chi connectivity index (χ1) is 12.8. The summed E-state index contributed by atoms with van der Waals surface area (Å²) in [5.74, 6) is -3.82. The number of nitrogens with one attached hydrogen (secondary N) is 1. The molecule has 0 heterocycles. The molecular formula is C18H16F2N4O3. The molecule has 0 spiro atoms. The quantitative estimate of drug-likeness (QED) is 0.406. The first kappa shape index (κ1) is 19.6. The number of hydrogen-bond acceptors (Lipinski definition) is 5. The van der Waals surface area contributed by atoms with Crippen LogP contribution >= 0.6 is 0 Å². The van der Waals surface area contributed by atoms with Crippen molar-refractivity contribution in [1.82, 2.24) is 0 Å². The lowest BCUT2D eigenvalue weighted by molar-refractivity contribution is -0.114. The Morgan fingerprint density at radius 3 is 2.15 bits per heavy atom. The zero-order valence-corrected chi connectivity index (χ0v) is 14.2. The molecule has 2 aromatic rings. The van der Waals surface area contributed by atoms with Crippen molar-refractivity contribution in [3.8, 4) is 0 Å². The molecule has 0 unspecified atom stereocenters. The molecule has 2 aromatic carbocycles. The van der Waals surface area contributed by atoms with Crippen LogP contribution in [0.4, 0.5) is 14.5 Å². The summed E-state index contributed by atoms with van der Waals surface area (Å²) in [6.45, 7) is 0. The molecule has 0 bridgehead atoms. The zero-order chi connectivity index (χ0) is 20.0. The SMILES string of the molecule is COC(=N/C(=C/Nc1ccc(C(N)=O)cc1)C(N)=O)c1c(F)cccc1F. The summed E-state index contributed by atoms with van der Waals surface area (Å²) in [6, 6.07) is 9.25. The van der Waals surface area contributed by atoms with Crippen LogP contribution in [0.2, 0.25) is 0 Å². The van der Waals surface area contributed by atoms with Gasteiger partial charge < -0.3 is 21.5 Å². The summed E-state index contributed by atoms with van der Waals surface area (Å²) in [6.07, 6.45) is 1.14. The standard InChI is InChI=1S/C18H16F2N4O3/c1-27-18(15-12(19)3-2-4-13(15)20)24-14(17(22)26)9-23-11-7-5-10(6-8-11)16(21)25/h2-9,23H,1H3,(H2,21,25)(H2,22,26)/b14-9+,24-18?. The number of primary amides is 2. The third-order valence-corrected chi connectivity index (χ3v) is 3.39. The number of nitrogens with two attached hydrogens (primary N) is 2. The number of halogens is 2. The lowest BCUT2D eigenvalue weighted by atomic mass is 10.2. The summed E-state index contributed by atoms with van der Waals surface area (Å²) in [7, 11) is 1.15. The Hall–Kier alpha value is -3.75.